The maximum absolute atomic E-state index is 13.8. The van der Waals surface area contributed by atoms with Gasteiger partial charge >= 0.3 is 0 Å². The molecule has 2 heterocycles. The molecule has 4 heteroatoms. The molecule has 2 aromatic rings. The lowest BCUT2D eigenvalue weighted by Crippen LogP contribution is -2.51. The van der Waals surface area contributed by atoms with Crippen LogP contribution in [-0.4, -0.2) is 33.7 Å². The minimum absolute atomic E-state index is 0.0190. The Morgan fingerprint density at radius 1 is 0.683 bits per heavy atom. The third-order valence-corrected chi connectivity index (χ3v) is 11.0. The minimum atomic E-state index is 0.0190. The topological polar surface area (TPSA) is 40.6 Å². The molecular formula is C37H50N2O2. The van der Waals surface area contributed by atoms with Gasteiger partial charge < -0.3 is 9.80 Å². The summed E-state index contributed by atoms with van der Waals surface area (Å²) in [5, 5.41) is 0. The highest BCUT2D eigenvalue weighted by Gasteiger charge is 2.48. The van der Waals surface area contributed by atoms with Gasteiger partial charge in [0.25, 0.3) is 11.8 Å². The first-order valence-electron chi connectivity index (χ1n) is 16.3. The van der Waals surface area contributed by atoms with Gasteiger partial charge in [-0.25, -0.2) is 0 Å². The van der Waals surface area contributed by atoms with Crippen molar-refractivity contribution in [3.8, 4) is 0 Å². The maximum atomic E-state index is 13.8. The Kier molecular flexibility index (Phi) is 7.57. The fourth-order valence-electron chi connectivity index (χ4n) is 9.65. The predicted octanol–water partition coefficient (Wildman–Crippen LogP) is 8.49. The Labute approximate surface area is 247 Å². The van der Waals surface area contributed by atoms with Crippen LogP contribution in [0.5, 0.6) is 0 Å². The van der Waals surface area contributed by atoms with E-state index in [0.29, 0.717) is 17.8 Å². The summed E-state index contributed by atoms with van der Waals surface area (Å²) in [6.07, 6.45) is 11.1. The van der Waals surface area contributed by atoms with Crippen molar-refractivity contribution in [3.05, 3.63) is 70.8 Å². The molecule has 0 saturated heterocycles. The fraction of sp³-hybridized carbons (Fsp3) is 0.622. The van der Waals surface area contributed by atoms with Gasteiger partial charge in [-0.2, -0.15) is 0 Å². The average molecular weight is 555 g/mol. The highest BCUT2D eigenvalue weighted by Crippen LogP contribution is 2.50. The van der Waals surface area contributed by atoms with E-state index in [9.17, 15) is 9.59 Å². The van der Waals surface area contributed by atoms with Gasteiger partial charge in [-0.1, -0.05) is 96.7 Å². The quantitative estimate of drug-likeness (QED) is 0.344. The van der Waals surface area contributed by atoms with E-state index >= 15 is 0 Å². The molecule has 2 aromatic carbocycles. The average Bonchev–Trinajstić information content (AvgIpc) is 3.61. The summed E-state index contributed by atoms with van der Waals surface area (Å²) in [5.74, 6) is 2.19. The first kappa shape index (κ1) is 28.5. The molecule has 2 aliphatic heterocycles. The molecule has 220 valence electrons. The first-order valence-corrected chi connectivity index (χ1v) is 16.3. The number of hydrogen-bond acceptors (Lipinski definition) is 2. The summed E-state index contributed by atoms with van der Waals surface area (Å²) in [6.45, 7) is 13.4. The maximum Gasteiger partial charge on any atom is 0.254 e. The molecule has 4 atom stereocenters. The molecule has 2 saturated carbocycles. The summed E-state index contributed by atoms with van der Waals surface area (Å²) in [5.41, 5.74) is 4.23. The Balaban J connectivity index is 1.21. The summed E-state index contributed by atoms with van der Waals surface area (Å²) < 4.78 is 0. The SMILES string of the molecule is CC(C)(C)C(C1CCC(CC(C)(C)C(C2CCCCC2)N2Cc3ccccc3C2=O)C1)N1Cc2ccccc2C1=O. The van der Waals surface area contributed by atoms with Gasteiger partial charge in [0.2, 0.25) is 0 Å². The zero-order chi connectivity index (χ0) is 28.9. The second-order valence-electron chi connectivity index (χ2n) is 15.5. The normalized spacial score (nSPS) is 25.0. The van der Waals surface area contributed by atoms with Crippen LogP contribution in [0.25, 0.3) is 0 Å². The zero-order valence-corrected chi connectivity index (χ0v) is 26.0. The van der Waals surface area contributed by atoms with Gasteiger partial charge in [0.1, 0.15) is 0 Å². The highest BCUT2D eigenvalue weighted by atomic mass is 16.2. The summed E-state index contributed by atoms with van der Waals surface area (Å²) in [4.78, 5) is 31.8. The van der Waals surface area contributed by atoms with E-state index in [0.717, 1.165) is 30.6 Å². The molecule has 41 heavy (non-hydrogen) atoms. The van der Waals surface area contributed by atoms with Crippen molar-refractivity contribution in [2.45, 2.75) is 118 Å². The largest absolute Gasteiger partial charge is 0.330 e. The molecule has 4 unspecified atom stereocenters. The number of carbonyl (C=O) groups is 2. The summed E-state index contributed by atoms with van der Waals surface area (Å²) >= 11 is 0. The van der Waals surface area contributed by atoms with Crippen LogP contribution in [0.4, 0.5) is 0 Å². The van der Waals surface area contributed by atoms with Gasteiger partial charge in [0.15, 0.2) is 0 Å². The van der Waals surface area contributed by atoms with Crippen LogP contribution < -0.4 is 0 Å². The second kappa shape index (κ2) is 10.9. The van der Waals surface area contributed by atoms with E-state index in [-0.39, 0.29) is 34.7 Å². The van der Waals surface area contributed by atoms with Crippen LogP contribution in [0.2, 0.25) is 0 Å². The lowest BCUT2D eigenvalue weighted by Gasteiger charge is -2.47. The Hall–Kier alpha value is -2.62. The molecule has 2 aliphatic carbocycles. The van der Waals surface area contributed by atoms with Gasteiger partial charge in [0.05, 0.1) is 0 Å². The van der Waals surface area contributed by atoms with Gasteiger partial charge in [0, 0.05) is 36.3 Å². The van der Waals surface area contributed by atoms with Crippen molar-refractivity contribution in [2.75, 3.05) is 0 Å². The molecule has 0 aromatic heterocycles. The van der Waals surface area contributed by atoms with Crippen LogP contribution in [0.15, 0.2) is 48.5 Å². The molecule has 4 nitrogen and oxygen atoms in total. The smallest absolute Gasteiger partial charge is 0.254 e. The van der Waals surface area contributed by atoms with E-state index in [2.05, 4.69) is 68.7 Å². The van der Waals surface area contributed by atoms with Crippen LogP contribution in [0.3, 0.4) is 0 Å². The van der Waals surface area contributed by atoms with Crippen molar-refractivity contribution in [2.24, 2.45) is 28.6 Å². The number of benzene rings is 2. The van der Waals surface area contributed by atoms with Crippen LogP contribution in [0.1, 0.15) is 124 Å². The number of carbonyl (C=O) groups excluding carboxylic acids is 2. The molecular weight excluding hydrogens is 504 g/mol. The molecule has 2 amide bonds. The standard InChI is InChI=1S/C37H50N2O2/c1-36(2,3)32(38-23-28-15-9-11-17-30(28)34(38)40)27-20-19-25(21-27)22-37(4,5)33(26-13-7-6-8-14-26)39-24-29-16-10-12-18-31(29)35(39)41/h9-12,15-18,25-27,32-33H,6-8,13-14,19-24H2,1-5H3. The molecule has 2 fully saturated rings. The Morgan fingerprint density at radius 2 is 1.22 bits per heavy atom. The van der Waals surface area contributed by atoms with Crippen molar-refractivity contribution in [1.82, 2.24) is 9.80 Å². The van der Waals surface area contributed by atoms with Crippen LogP contribution >= 0.6 is 0 Å². The van der Waals surface area contributed by atoms with Gasteiger partial charge in [-0.05, 0) is 83.9 Å². The predicted molar refractivity (Wildman–Crippen MR) is 165 cm³/mol. The zero-order valence-electron chi connectivity index (χ0n) is 26.0. The number of fused-ring (bicyclic) bond motifs is 2. The van der Waals surface area contributed by atoms with Crippen LogP contribution in [-0.2, 0) is 13.1 Å². The summed E-state index contributed by atoms with van der Waals surface area (Å²) in [7, 11) is 0. The molecule has 6 rings (SSSR count). The molecule has 0 spiro atoms. The minimum Gasteiger partial charge on any atom is -0.330 e. The molecule has 0 radical (unpaired) electrons. The van der Waals surface area contributed by atoms with E-state index in [1.807, 2.05) is 24.3 Å². The number of rotatable bonds is 7. The van der Waals surface area contributed by atoms with E-state index in [1.54, 1.807) is 0 Å². The Bertz CT molecular complexity index is 1280. The molecule has 0 bridgehead atoms. The monoisotopic (exact) mass is 554 g/mol. The van der Waals surface area contributed by atoms with E-state index in [4.69, 9.17) is 0 Å². The van der Waals surface area contributed by atoms with E-state index in [1.165, 1.54) is 62.5 Å². The lowest BCUT2D eigenvalue weighted by molar-refractivity contribution is 0.0126. The van der Waals surface area contributed by atoms with Crippen molar-refractivity contribution >= 4 is 11.8 Å². The number of nitrogens with zero attached hydrogens (tertiary/aromatic N) is 2. The van der Waals surface area contributed by atoms with Gasteiger partial charge in [-0.3, -0.25) is 9.59 Å². The van der Waals surface area contributed by atoms with E-state index < -0.39 is 0 Å². The third-order valence-electron chi connectivity index (χ3n) is 11.0. The summed E-state index contributed by atoms with van der Waals surface area (Å²) in [6, 6.07) is 16.9. The first-order chi connectivity index (χ1) is 19.5. The molecule has 0 N–H and O–H groups in total. The molecule has 4 aliphatic rings. The van der Waals surface area contributed by atoms with Gasteiger partial charge in [-0.15, -0.1) is 0 Å². The lowest BCUT2D eigenvalue weighted by atomic mass is 9.67. The fourth-order valence-corrected chi connectivity index (χ4v) is 9.65. The number of amides is 2. The van der Waals surface area contributed by atoms with Crippen LogP contribution in [0, 0.1) is 28.6 Å². The second-order valence-corrected chi connectivity index (χ2v) is 15.5. The van der Waals surface area contributed by atoms with Crippen molar-refractivity contribution in [3.63, 3.8) is 0 Å². The Morgan fingerprint density at radius 3 is 1.76 bits per heavy atom. The highest BCUT2D eigenvalue weighted by molar-refractivity contribution is 5.99. The third kappa shape index (κ3) is 5.37. The van der Waals surface area contributed by atoms with Crippen molar-refractivity contribution in [1.29, 1.82) is 0 Å². The van der Waals surface area contributed by atoms with Crippen molar-refractivity contribution < 1.29 is 9.59 Å². The number of hydrogen-bond donors (Lipinski definition) is 0.